The molecule has 2 aromatic heterocycles. The van der Waals surface area contributed by atoms with Crippen molar-refractivity contribution in [3.63, 3.8) is 0 Å². The Morgan fingerprint density at radius 1 is 1.44 bits per heavy atom. The largest absolute Gasteiger partial charge is 0.365 e. The van der Waals surface area contributed by atoms with Crippen LogP contribution in [0.25, 0.3) is 11.2 Å². The van der Waals surface area contributed by atoms with Crippen molar-refractivity contribution < 1.29 is 0 Å². The second-order valence-corrected chi connectivity index (χ2v) is 3.81. The van der Waals surface area contributed by atoms with Crippen molar-refractivity contribution in [2.45, 2.75) is 19.9 Å². The first-order valence-corrected chi connectivity index (χ1v) is 5.26. The number of rotatable bonds is 4. The van der Waals surface area contributed by atoms with Crippen molar-refractivity contribution in [2.24, 2.45) is 0 Å². The van der Waals surface area contributed by atoms with Crippen LogP contribution in [0.4, 0.5) is 5.82 Å². The van der Waals surface area contributed by atoms with Gasteiger partial charge in [0.15, 0.2) is 11.5 Å². The lowest BCUT2D eigenvalue weighted by molar-refractivity contribution is 0.612. The summed E-state index contributed by atoms with van der Waals surface area (Å²) in [7, 11) is 0. The first kappa shape index (κ1) is 10.6. The van der Waals surface area contributed by atoms with Crippen molar-refractivity contribution in [3.8, 4) is 0 Å². The van der Waals surface area contributed by atoms with Crippen LogP contribution in [0.2, 0.25) is 0 Å². The van der Waals surface area contributed by atoms with Gasteiger partial charge in [-0.15, -0.1) is 6.58 Å². The number of hydrogen-bond donors (Lipinski definition) is 1. The maximum Gasteiger partial charge on any atom is 0.165 e. The zero-order valence-electron chi connectivity index (χ0n) is 9.51. The maximum absolute atomic E-state index is 4.33. The molecule has 2 rings (SSSR count). The molecular weight excluding hydrogens is 202 g/mol. The second-order valence-electron chi connectivity index (χ2n) is 3.81. The molecule has 2 heterocycles. The maximum atomic E-state index is 4.33. The lowest BCUT2D eigenvalue weighted by Crippen LogP contribution is -2.03. The molecule has 0 radical (unpaired) electrons. The molecule has 16 heavy (non-hydrogen) atoms. The topological polar surface area (TPSA) is 55.6 Å². The van der Waals surface area contributed by atoms with Gasteiger partial charge in [0.25, 0.3) is 0 Å². The third kappa shape index (κ3) is 1.76. The molecule has 1 N–H and O–H groups in total. The van der Waals surface area contributed by atoms with Gasteiger partial charge >= 0.3 is 0 Å². The summed E-state index contributed by atoms with van der Waals surface area (Å²) in [6, 6.07) is 0.340. The average Bonchev–Trinajstić information content (AvgIpc) is 2.70. The summed E-state index contributed by atoms with van der Waals surface area (Å²) < 4.78 is 2.02. The van der Waals surface area contributed by atoms with Gasteiger partial charge in [-0.2, -0.15) is 0 Å². The molecule has 0 atom stereocenters. The smallest absolute Gasteiger partial charge is 0.165 e. The lowest BCUT2D eigenvalue weighted by Gasteiger charge is -2.07. The van der Waals surface area contributed by atoms with Gasteiger partial charge in [-0.1, -0.05) is 6.08 Å². The summed E-state index contributed by atoms with van der Waals surface area (Å²) >= 11 is 0. The number of aromatic nitrogens is 4. The zero-order valence-corrected chi connectivity index (χ0v) is 9.51. The van der Waals surface area contributed by atoms with Gasteiger partial charge in [-0.25, -0.2) is 15.0 Å². The molecule has 0 amide bonds. The van der Waals surface area contributed by atoms with Crippen LogP contribution in [0, 0.1) is 0 Å². The SMILES string of the molecule is C=CCNc1ncnc2c1ncn2C(C)C. The van der Waals surface area contributed by atoms with Crippen LogP contribution < -0.4 is 5.32 Å². The summed E-state index contributed by atoms with van der Waals surface area (Å²) in [5, 5.41) is 3.14. The quantitative estimate of drug-likeness (QED) is 0.796. The van der Waals surface area contributed by atoms with E-state index in [4.69, 9.17) is 0 Å². The van der Waals surface area contributed by atoms with Crippen LogP contribution >= 0.6 is 0 Å². The van der Waals surface area contributed by atoms with E-state index >= 15 is 0 Å². The number of nitrogens with zero attached hydrogens (tertiary/aromatic N) is 4. The third-order valence-electron chi connectivity index (χ3n) is 2.33. The van der Waals surface area contributed by atoms with E-state index < -0.39 is 0 Å². The fraction of sp³-hybridized carbons (Fsp3) is 0.364. The number of imidazole rings is 1. The molecule has 0 unspecified atom stereocenters. The van der Waals surface area contributed by atoms with Gasteiger partial charge < -0.3 is 9.88 Å². The molecule has 0 aliphatic carbocycles. The Hall–Kier alpha value is -1.91. The summed E-state index contributed by atoms with van der Waals surface area (Å²) in [4.78, 5) is 12.8. The monoisotopic (exact) mass is 217 g/mol. The predicted octanol–water partition coefficient (Wildman–Crippen LogP) is 2.01. The molecule has 5 nitrogen and oxygen atoms in total. The Kier molecular flexibility index (Phi) is 2.85. The highest BCUT2D eigenvalue weighted by atomic mass is 15.2. The highest BCUT2D eigenvalue weighted by molar-refractivity contribution is 5.82. The van der Waals surface area contributed by atoms with Gasteiger partial charge in [0.1, 0.15) is 11.8 Å². The number of nitrogens with one attached hydrogen (secondary N) is 1. The van der Waals surface area contributed by atoms with Crippen molar-refractivity contribution >= 4 is 17.0 Å². The lowest BCUT2D eigenvalue weighted by atomic mass is 10.4. The van der Waals surface area contributed by atoms with E-state index in [2.05, 4.69) is 40.7 Å². The minimum absolute atomic E-state index is 0.340. The summed E-state index contributed by atoms with van der Waals surface area (Å²) in [5.41, 5.74) is 1.66. The zero-order chi connectivity index (χ0) is 11.5. The molecule has 0 bridgehead atoms. The van der Waals surface area contributed by atoms with Gasteiger partial charge in [-0.3, -0.25) is 0 Å². The summed E-state index contributed by atoms with van der Waals surface area (Å²) in [6.07, 6.45) is 5.13. The van der Waals surface area contributed by atoms with Crippen molar-refractivity contribution in [1.29, 1.82) is 0 Å². The van der Waals surface area contributed by atoms with Gasteiger partial charge in [0.2, 0.25) is 0 Å². The molecule has 0 saturated carbocycles. The molecule has 2 aromatic rings. The predicted molar refractivity (Wildman–Crippen MR) is 64.4 cm³/mol. The van der Waals surface area contributed by atoms with Crippen LogP contribution in [0.15, 0.2) is 25.3 Å². The summed E-state index contributed by atoms with van der Waals surface area (Å²) in [5.74, 6) is 0.754. The van der Waals surface area contributed by atoms with Crippen LogP contribution in [0.3, 0.4) is 0 Å². The Labute approximate surface area is 94.2 Å². The Morgan fingerprint density at radius 3 is 2.94 bits per heavy atom. The highest BCUT2D eigenvalue weighted by Crippen LogP contribution is 2.19. The van der Waals surface area contributed by atoms with Crippen molar-refractivity contribution in [2.75, 3.05) is 11.9 Å². The number of hydrogen-bond acceptors (Lipinski definition) is 4. The Balaban J connectivity index is 2.48. The van der Waals surface area contributed by atoms with E-state index in [9.17, 15) is 0 Å². The van der Waals surface area contributed by atoms with Crippen molar-refractivity contribution in [3.05, 3.63) is 25.3 Å². The minimum Gasteiger partial charge on any atom is -0.365 e. The van der Waals surface area contributed by atoms with E-state index in [0.717, 1.165) is 17.0 Å². The summed E-state index contributed by atoms with van der Waals surface area (Å²) in [6.45, 7) is 8.52. The van der Waals surface area contributed by atoms with Crippen molar-refractivity contribution in [1.82, 2.24) is 19.5 Å². The molecule has 5 heteroatoms. The van der Waals surface area contributed by atoms with Crippen LogP contribution in [0.5, 0.6) is 0 Å². The molecular formula is C11H15N5. The van der Waals surface area contributed by atoms with E-state index in [0.29, 0.717) is 12.6 Å². The second kappa shape index (κ2) is 4.30. The normalized spacial score (nSPS) is 10.9. The van der Waals surface area contributed by atoms with Crippen LogP contribution in [-0.2, 0) is 0 Å². The standard InChI is InChI=1S/C11H15N5/c1-4-5-12-10-9-11(14-6-13-10)16(7-15-9)8(2)3/h4,6-8H,1,5H2,2-3H3,(H,12,13,14). The van der Waals surface area contributed by atoms with Gasteiger partial charge in [0.05, 0.1) is 6.33 Å². The average molecular weight is 217 g/mol. The van der Waals surface area contributed by atoms with Crippen LogP contribution in [-0.4, -0.2) is 26.1 Å². The Morgan fingerprint density at radius 2 is 2.25 bits per heavy atom. The molecule has 0 aromatic carbocycles. The van der Waals surface area contributed by atoms with E-state index in [1.54, 1.807) is 18.7 Å². The van der Waals surface area contributed by atoms with E-state index in [1.165, 1.54) is 0 Å². The molecule has 84 valence electrons. The fourth-order valence-electron chi connectivity index (χ4n) is 1.53. The molecule has 0 saturated heterocycles. The first-order chi connectivity index (χ1) is 7.74. The molecule has 0 fully saturated rings. The number of anilines is 1. The third-order valence-corrected chi connectivity index (χ3v) is 2.33. The fourth-order valence-corrected chi connectivity index (χ4v) is 1.53. The molecule has 0 spiro atoms. The highest BCUT2D eigenvalue weighted by Gasteiger charge is 2.10. The number of fused-ring (bicyclic) bond motifs is 1. The molecule has 0 aliphatic heterocycles. The molecule has 0 aliphatic rings. The van der Waals surface area contributed by atoms with Gasteiger partial charge in [-0.05, 0) is 13.8 Å². The van der Waals surface area contributed by atoms with Crippen LogP contribution in [0.1, 0.15) is 19.9 Å². The van der Waals surface area contributed by atoms with Gasteiger partial charge in [0, 0.05) is 12.6 Å². The van der Waals surface area contributed by atoms with E-state index in [-0.39, 0.29) is 0 Å². The Bertz CT molecular complexity index is 500. The first-order valence-electron chi connectivity index (χ1n) is 5.26. The van der Waals surface area contributed by atoms with E-state index in [1.807, 2.05) is 4.57 Å². The minimum atomic E-state index is 0.340.